The molecular formula is C20H27NO5. The number of carbonyl (C=O) groups excluding carboxylic acids is 2. The first kappa shape index (κ1) is 19.8. The number of amides is 1. The number of rotatable bonds is 7. The second-order valence-electron chi connectivity index (χ2n) is 6.35. The molecule has 1 saturated carbocycles. The summed E-state index contributed by atoms with van der Waals surface area (Å²) >= 11 is 0. The summed E-state index contributed by atoms with van der Waals surface area (Å²) in [5.41, 5.74) is 0.769. The fourth-order valence-electron chi connectivity index (χ4n) is 3.08. The SMILES string of the molecule is COc1ccc(/C=C/C(=O)OCC(=O)N(C)C2CCCCC2)cc1OC. The Morgan fingerprint density at radius 2 is 1.81 bits per heavy atom. The lowest BCUT2D eigenvalue weighted by molar-refractivity contribution is -0.148. The molecule has 0 heterocycles. The topological polar surface area (TPSA) is 65.1 Å². The van der Waals surface area contributed by atoms with Gasteiger partial charge in [0.05, 0.1) is 14.2 Å². The molecule has 2 rings (SSSR count). The highest BCUT2D eigenvalue weighted by Gasteiger charge is 2.22. The van der Waals surface area contributed by atoms with Crippen molar-refractivity contribution in [2.45, 2.75) is 38.1 Å². The minimum absolute atomic E-state index is 0.162. The van der Waals surface area contributed by atoms with Crippen LogP contribution in [0.5, 0.6) is 11.5 Å². The molecule has 1 aromatic carbocycles. The fourth-order valence-corrected chi connectivity index (χ4v) is 3.08. The third-order valence-electron chi connectivity index (χ3n) is 4.67. The third kappa shape index (κ3) is 5.51. The van der Waals surface area contributed by atoms with Gasteiger partial charge in [0, 0.05) is 19.2 Å². The molecule has 142 valence electrons. The smallest absolute Gasteiger partial charge is 0.331 e. The standard InChI is InChI=1S/C20H27NO5/c1-21(16-7-5-4-6-8-16)19(22)14-26-20(23)12-10-15-9-11-17(24-2)18(13-15)25-3/h9-13,16H,4-8,14H2,1-3H3/b12-10+. The van der Waals surface area contributed by atoms with Gasteiger partial charge in [-0.2, -0.15) is 0 Å². The Balaban J connectivity index is 1.84. The largest absolute Gasteiger partial charge is 0.493 e. The molecule has 0 bridgehead atoms. The molecule has 26 heavy (non-hydrogen) atoms. The molecule has 1 amide bonds. The summed E-state index contributed by atoms with van der Waals surface area (Å²) in [5, 5.41) is 0. The molecule has 0 atom stereocenters. The quantitative estimate of drug-likeness (QED) is 0.552. The van der Waals surface area contributed by atoms with E-state index in [4.69, 9.17) is 14.2 Å². The minimum Gasteiger partial charge on any atom is -0.493 e. The van der Waals surface area contributed by atoms with E-state index in [1.807, 2.05) is 0 Å². The molecule has 1 aliphatic rings. The zero-order valence-electron chi connectivity index (χ0n) is 15.7. The average Bonchev–Trinajstić information content (AvgIpc) is 2.70. The van der Waals surface area contributed by atoms with E-state index in [1.165, 1.54) is 12.5 Å². The van der Waals surface area contributed by atoms with Gasteiger partial charge in [-0.3, -0.25) is 4.79 Å². The van der Waals surface area contributed by atoms with Crippen LogP contribution in [0.1, 0.15) is 37.7 Å². The molecule has 0 saturated heterocycles. The third-order valence-corrected chi connectivity index (χ3v) is 4.67. The van der Waals surface area contributed by atoms with E-state index < -0.39 is 5.97 Å². The first-order chi connectivity index (χ1) is 12.5. The monoisotopic (exact) mass is 361 g/mol. The highest BCUT2D eigenvalue weighted by molar-refractivity contribution is 5.89. The van der Waals surface area contributed by atoms with Crippen LogP contribution in [0.25, 0.3) is 6.08 Å². The molecule has 1 fully saturated rings. The summed E-state index contributed by atoms with van der Waals surface area (Å²) in [6, 6.07) is 5.57. The van der Waals surface area contributed by atoms with Crippen molar-refractivity contribution in [3.05, 3.63) is 29.8 Å². The summed E-state index contributed by atoms with van der Waals surface area (Å²) in [6.07, 6.45) is 8.49. The Labute approximate surface area is 154 Å². The Kier molecular flexibility index (Phi) is 7.51. The molecule has 6 heteroatoms. The molecule has 0 aliphatic heterocycles. The van der Waals surface area contributed by atoms with Gasteiger partial charge < -0.3 is 19.1 Å². The van der Waals surface area contributed by atoms with E-state index in [2.05, 4.69) is 0 Å². The van der Waals surface area contributed by atoms with Crippen LogP contribution in [0.15, 0.2) is 24.3 Å². The van der Waals surface area contributed by atoms with Crippen LogP contribution in [0.3, 0.4) is 0 Å². The fraction of sp³-hybridized carbons (Fsp3) is 0.500. The number of likely N-dealkylation sites (N-methyl/N-ethyl adjacent to an activating group) is 1. The van der Waals surface area contributed by atoms with Crippen molar-refractivity contribution in [2.24, 2.45) is 0 Å². The minimum atomic E-state index is -0.551. The number of methoxy groups -OCH3 is 2. The lowest BCUT2D eigenvalue weighted by Crippen LogP contribution is -2.40. The van der Waals surface area contributed by atoms with Crippen LogP contribution in [0.4, 0.5) is 0 Å². The van der Waals surface area contributed by atoms with E-state index >= 15 is 0 Å². The normalized spacial score (nSPS) is 14.9. The molecule has 0 unspecified atom stereocenters. The van der Waals surface area contributed by atoms with Gasteiger partial charge in [0.25, 0.3) is 5.91 Å². The molecule has 1 aliphatic carbocycles. The molecule has 1 aromatic rings. The molecular weight excluding hydrogens is 334 g/mol. The lowest BCUT2D eigenvalue weighted by Gasteiger charge is -2.31. The number of hydrogen-bond donors (Lipinski definition) is 0. The second-order valence-corrected chi connectivity index (χ2v) is 6.35. The van der Waals surface area contributed by atoms with Gasteiger partial charge in [-0.15, -0.1) is 0 Å². The van der Waals surface area contributed by atoms with E-state index in [0.717, 1.165) is 31.2 Å². The Morgan fingerprint density at radius 1 is 1.12 bits per heavy atom. The van der Waals surface area contributed by atoms with Crippen molar-refractivity contribution in [1.82, 2.24) is 4.90 Å². The Morgan fingerprint density at radius 3 is 2.46 bits per heavy atom. The van der Waals surface area contributed by atoms with Gasteiger partial charge in [-0.1, -0.05) is 25.3 Å². The number of ether oxygens (including phenoxy) is 3. The number of hydrogen-bond acceptors (Lipinski definition) is 5. The Bertz CT molecular complexity index is 650. The zero-order valence-corrected chi connectivity index (χ0v) is 15.7. The summed E-state index contributed by atoms with van der Waals surface area (Å²) in [5.74, 6) is 0.478. The number of carbonyl (C=O) groups is 2. The zero-order chi connectivity index (χ0) is 18.9. The van der Waals surface area contributed by atoms with Gasteiger partial charge in [-0.25, -0.2) is 4.79 Å². The van der Waals surface area contributed by atoms with Crippen molar-refractivity contribution in [1.29, 1.82) is 0 Å². The van der Waals surface area contributed by atoms with Crippen LogP contribution in [-0.2, 0) is 14.3 Å². The van der Waals surface area contributed by atoms with Crippen LogP contribution >= 0.6 is 0 Å². The maximum atomic E-state index is 12.2. The van der Waals surface area contributed by atoms with Crippen molar-refractivity contribution in [2.75, 3.05) is 27.9 Å². The van der Waals surface area contributed by atoms with Crippen LogP contribution < -0.4 is 9.47 Å². The van der Waals surface area contributed by atoms with Gasteiger partial charge in [-0.05, 0) is 36.6 Å². The van der Waals surface area contributed by atoms with Crippen LogP contribution in [-0.4, -0.2) is 50.7 Å². The second kappa shape index (κ2) is 9.85. The lowest BCUT2D eigenvalue weighted by atomic mass is 9.94. The van der Waals surface area contributed by atoms with E-state index in [9.17, 15) is 9.59 Å². The van der Waals surface area contributed by atoms with Gasteiger partial charge in [0.2, 0.25) is 0 Å². The predicted molar refractivity (Wildman–Crippen MR) is 99.2 cm³/mol. The van der Waals surface area contributed by atoms with E-state index in [1.54, 1.807) is 50.4 Å². The van der Waals surface area contributed by atoms with Gasteiger partial charge in [0.15, 0.2) is 18.1 Å². The van der Waals surface area contributed by atoms with E-state index in [0.29, 0.717) is 11.5 Å². The van der Waals surface area contributed by atoms with Gasteiger partial charge >= 0.3 is 5.97 Å². The summed E-state index contributed by atoms with van der Waals surface area (Å²) in [4.78, 5) is 25.7. The molecule has 0 spiro atoms. The average molecular weight is 361 g/mol. The summed E-state index contributed by atoms with van der Waals surface area (Å²) in [6.45, 7) is -0.234. The Hall–Kier alpha value is -2.50. The number of nitrogens with zero attached hydrogens (tertiary/aromatic N) is 1. The summed E-state index contributed by atoms with van der Waals surface area (Å²) in [7, 11) is 4.89. The van der Waals surface area contributed by atoms with Crippen molar-refractivity contribution in [3.8, 4) is 11.5 Å². The van der Waals surface area contributed by atoms with Crippen molar-refractivity contribution >= 4 is 18.0 Å². The highest BCUT2D eigenvalue weighted by Crippen LogP contribution is 2.28. The molecule has 0 aromatic heterocycles. The maximum Gasteiger partial charge on any atom is 0.331 e. The predicted octanol–water partition coefficient (Wildman–Crippen LogP) is 3.05. The van der Waals surface area contributed by atoms with Gasteiger partial charge in [0.1, 0.15) is 0 Å². The van der Waals surface area contributed by atoms with Crippen LogP contribution in [0.2, 0.25) is 0 Å². The molecule has 6 nitrogen and oxygen atoms in total. The first-order valence-corrected chi connectivity index (χ1v) is 8.87. The summed E-state index contributed by atoms with van der Waals surface area (Å²) < 4.78 is 15.5. The van der Waals surface area contributed by atoms with Crippen molar-refractivity contribution < 1.29 is 23.8 Å². The number of benzene rings is 1. The molecule has 0 radical (unpaired) electrons. The maximum absolute atomic E-state index is 12.2. The molecule has 0 N–H and O–H groups in total. The first-order valence-electron chi connectivity index (χ1n) is 8.87. The number of esters is 1. The van der Waals surface area contributed by atoms with Crippen LogP contribution in [0, 0.1) is 0 Å². The highest BCUT2D eigenvalue weighted by atomic mass is 16.5. The van der Waals surface area contributed by atoms with Crippen molar-refractivity contribution in [3.63, 3.8) is 0 Å². The van der Waals surface area contributed by atoms with E-state index in [-0.39, 0.29) is 18.6 Å².